The second kappa shape index (κ2) is 11.0. The van der Waals surface area contributed by atoms with Crippen molar-refractivity contribution in [3.8, 4) is 0 Å². The lowest BCUT2D eigenvalue weighted by Crippen LogP contribution is -2.57. The number of nitrogens with one attached hydrogen (secondary N) is 1. The van der Waals surface area contributed by atoms with Crippen molar-refractivity contribution in [1.29, 1.82) is 0 Å². The maximum atomic E-state index is 13.1. The summed E-state index contributed by atoms with van der Waals surface area (Å²) in [7, 11) is -1.59. The fraction of sp³-hybridized carbons (Fsp3) is 0.944. The van der Waals surface area contributed by atoms with Crippen molar-refractivity contribution in [2.45, 2.75) is 74.9 Å². The van der Waals surface area contributed by atoms with E-state index < -0.39 is 40.4 Å². The summed E-state index contributed by atoms with van der Waals surface area (Å²) < 4.78 is 68.2. The maximum absolute atomic E-state index is 13.1. The molecule has 2 aliphatic rings. The molecule has 0 saturated carbocycles. The van der Waals surface area contributed by atoms with Crippen LogP contribution >= 0.6 is 0 Å². The topological polar surface area (TPSA) is 78.9 Å². The Morgan fingerprint density at radius 1 is 1.21 bits per heavy atom. The van der Waals surface area contributed by atoms with Gasteiger partial charge in [-0.2, -0.15) is 13.2 Å². The highest BCUT2D eigenvalue weighted by Gasteiger charge is 2.48. The number of piperidine rings is 1. The van der Waals surface area contributed by atoms with E-state index in [4.69, 9.17) is 9.94 Å². The van der Waals surface area contributed by atoms with E-state index in [-0.39, 0.29) is 19.3 Å². The van der Waals surface area contributed by atoms with Crippen molar-refractivity contribution in [1.82, 2.24) is 9.79 Å². The molecule has 0 aliphatic carbocycles. The number of amides is 1. The highest BCUT2D eigenvalue weighted by Crippen LogP contribution is 2.33. The van der Waals surface area contributed by atoms with Crippen LogP contribution in [0.4, 0.5) is 17.6 Å². The van der Waals surface area contributed by atoms with Crippen LogP contribution in [0.3, 0.4) is 0 Å². The molecule has 2 saturated heterocycles. The Kier molecular flexibility index (Phi) is 9.30. The molecule has 0 aromatic carbocycles. The standard InChI is InChI=1S/C18H30F4N2O4S/c19-15(18(20,21)22)5-3-1-2-4-14-6-10-24(11-7-14)29(27)17(16(25)23-26)8-12-28-13-9-17/h14-15,26H,1-13H2,(H,23,25). The Balaban J connectivity index is 1.73. The lowest BCUT2D eigenvalue weighted by Gasteiger charge is -2.40. The van der Waals surface area contributed by atoms with Gasteiger partial charge in [0.15, 0.2) is 6.17 Å². The van der Waals surface area contributed by atoms with Gasteiger partial charge >= 0.3 is 6.18 Å². The molecule has 2 rings (SSSR count). The van der Waals surface area contributed by atoms with E-state index in [1.165, 1.54) is 0 Å². The third kappa shape index (κ3) is 6.60. The molecule has 2 aliphatic heterocycles. The van der Waals surface area contributed by atoms with Gasteiger partial charge in [-0.1, -0.05) is 25.7 Å². The summed E-state index contributed by atoms with van der Waals surface area (Å²) in [4.78, 5) is 12.2. The number of ether oxygens (including phenoxy) is 1. The monoisotopic (exact) mass is 446 g/mol. The van der Waals surface area contributed by atoms with Crippen molar-refractivity contribution < 1.29 is 36.5 Å². The Bertz CT molecular complexity index is 550. The van der Waals surface area contributed by atoms with Gasteiger partial charge < -0.3 is 4.74 Å². The van der Waals surface area contributed by atoms with E-state index in [0.717, 1.165) is 25.7 Å². The largest absolute Gasteiger partial charge is 0.419 e. The number of hydrogen-bond donors (Lipinski definition) is 2. The molecular weight excluding hydrogens is 416 g/mol. The first-order valence-corrected chi connectivity index (χ1v) is 11.2. The predicted octanol–water partition coefficient (Wildman–Crippen LogP) is 3.27. The molecule has 2 heterocycles. The fourth-order valence-corrected chi connectivity index (χ4v) is 5.75. The molecule has 170 valence electrons. The number of carbonyl (C=O) groups is 1. The molecular formula is C18H30F4N2O4S. The minimum absolute atomic E-state index is 0.213. The number of nitrogens with zero attached hydrogens (tertiary/aromatic N) is 1. The summed E-state index contributed by atoms with van der Waals surface area (Å²) in [5.74, 6) is -0.268. The highest BCUT2D eigenvalue weighted by atomic mass is 32.2. The average Bonchev–Trinajstić information content (AvgIpc) is 2.72. The Morgan fingerprint density at radius 3 is 2.38 bits per heavy atom. The van der Waals surface area contributed by atoms with Gasteiger partial charge in [0.05, 0.1) is 0 Å². The zero-order valence-electron chi connectivity index (χ0n) is 16.4. The number of hydroxylamine groups is 1. The Morgan fingerprint density at radius 2 is 1.83 bits per heavy atom. The van der Waals surface area contributed by atoms with E-state index in [2.05, 4.69) is 0 Å². The Hall–Kier alpha value is -0.780. The van der Waals surface area contributed by atoms with E-state index >= 15 is 0 Å². The summed E-state index contributed by atoms with van der Waals surface area (Å²) in [6, 6.07) is 0. The van der Waals surface area contributed by atoms with Gasteiger partial charge in [0.2, 0.25) is 0 Å². The van der Waals surface area contributed by atoms with Crippen LogP contribution in [0.25, 0.3) is 0 Å². The molecule has 2 N–H and O–H groups in total. The third-order valence-electron chi connectivity index (χ3n) is 5.88. The van der Waals surface area contributed by atoms with Crippen LogP contribution in [0, 0.1) is 5.92 Å². The lowest BCUT2D eigenvalue weighted by atomic mass is 9.92. The van der Waals surface area contributed by atoms with Gasteiger partial charge in [-0.15, -0.1) is 0 Å². The van der Waals surface area contributed by atoms with E-state index in [1.807, 2.05) is 0 Å². The van der Waals surface area contributed by atoms with Gasteiger partial charge in [-0.05, 0) is 38.0 Å². The molecule has 0 radical (unpaired) electrons. The summed E-state index contributed by atoms with van der Waals surface area (Å²) >= 11 is 0. The van der Waals surface area contributed by atoms with Crippen LogP contribution in [-0.2, 0) is 20.5 Å². The minimum Gasteiger partial charge on any atom is -0.381 e. The first-order valence-electron chi connectivity index (χ1n) is 10.1. The summed E-state index contributed by atoms with van der Waals surface area (Å²) in [6.07, 6.45) is -3.51. The van der Waals surface area contributed by atoms with Gasteiger partial charge in [-0.25, -0.2) is 18.4 Å². The minimum atomic E-state index is -4.77. The first kappa shape index (κ1) is 24.5. The van der Waals surface area contributed by atoms with Crippen LogP contribution in [0.1, 0.15) is 57.8 Å². The molecule has 11 heteroatoms. The normalized spacial score (nSPS) is 23.5. The number of alkyl halides is 4. The number of unbranched alkanes of at least 4 members (excludes halogenated alkanes) is 2. The van der Waals surface area contributed by atoms with Crippen molar-refractivity contribution in [3.63, 3.8) is 0 Å². The molecule has 0 bridgehead atoms. The van der Waals surface area contributed by atoms with E-state index in [0.29, 0.717) is 38.6 Å². The van der Waals surface area contributed by atoms with Crippen LogP contribution in [-0.4, -0.2) is 63.0 Å². The Labute approximate surface area is 170 Å². The zero-order chi connectivity index (χ0) is 21.5. The summed E-state index contributed by atoms with van der Waals surface area (Å²) in [5.41, 5.74) is 1.65. The van der Waals surface area contributed by atoms with Gasteiger partial charge in [0.25, 0.3) is 5.91 Å². The van der Waals surface area contributed by atoms with Gasteiger partial charge in [0.1, 0.15) is 15.7 Å². The van der Waals surface area contributed by atoms with Crippen molar-refractivity contribution >= 4 is 16.9 Å². The smallest absolute Gasteiger partial charge is 0.381 e. The summed E-state index contributed by atoms with van der Waals surface area (Å²) in [5, 5.41) is 9.08. The molecule has 2 atom stereocenters. The van der Waals surface area contributed by atoms with Crippen LogP contribution in [0.5, 0.6) is 0 Å². The summed E-state index contributed by atoms with van der Waals surface area (Å²) in [6.45, 7) is 1.73. The first-order chi connectivity index (χ1) is 13.7. The number of hydrogen-bond acceptors (Lipinski definition) is 4. The second-order valence-electron chi connectivity index (χ2n) is 7.82. The maximum Gasteiger partial charge on any atom is 0.419 e. The molecule has 2 unspecified atom stereocenters. The molecule has 6 nitrogen and oxygen atoms in total. The number of halogens is 4. The third-order valence-corrected chi connectivity index (χ3v) is 7.98. The highest BCUT2D eigenvalue weighted by molar-refractivity contribution is 7.85. The number of carbonyl (C=O) groups excluding carboxylic acids is 1. The lowest BCUT2D eigenvalue weighted by molar-refractivity contribution is -0.182. The molecule has 29 heavy (non-hydrogen) atoms. The van der Waals surface area contributed by atoms with Crippen LogP contribution in [0.2, 0.25) is 0 Å². The van der Waals surface area contributed by atoms with Crippen LogP contribution in [0.15, 0.2) is 0 Å². The molecule has 0 aromatic heterocycles. The molecule has 1 amide bonds. The van der Waals surface area contributed by atoms with Gasteiger partial charge in [-0.3, -0.25) is 10.0 Å². The molecule has 2 fully saturated rings. The van der Waals surface area contributed by atoms with Crippen molar-refractivity contribution in [2.75, 3.05) is 26.3 Å². The van der Waals surface area contributed by atoms with Crippen molar-refractivity contribution in [3.05, 3.63) is 0 Å². The quantitative estimate of drug-likeness (QED) is 0.247. The van der Waals surface area contributed by atoms with Crippen molar-refractivity contribution in [2.24, 2.45) is 5.92 Å². The molecule has 0 spiro atoms. The van der Waals surface area contributed by atoms with Crippen LogP contribution < -0.4 is 5.48 Å². The number of rotatable bonds is 9. The fourth-order valence-electron chi connectivity index (χ4n) is 3.99. The van der Waals surface area contributed by atoms with E-state index in [1.54, 1.807) is 9.79 Å². The predicted molar refractivity (Wildman–Crippen MR) is 99.2 cm³/mol. The second-order valence-corrected chi connectivity index (χ2v) is 9.61. The van der Waals surface area contributed by atoms with Gasteiger partial charge in [0, 0.05) is 26.3 Å². The van der Waals surface area contributed by atoms with E-state index in [9.17, 15) is 26.6 Å². The zero-order valence-corrected chi connectivity index (χ0v) is 17.2. The average molecular weight is 447 g/mol. The SMILES string of the molecule is O=C(NO)C1(S(=O)N2CCC(CCCCCC(F)C(F)(F)F)CC2)CCOCC1. The molecule has 0 aromatic rings.